The minimum Gasteiger partial charge on any atom is -0.423 e. The Labute approximate surface area is 152 Å². The van der Waals surface area contributed by atoms with Crippen molar-refractivity contribution >= 4 is 23.0 Å². The van der Waals surface area contributed by atoms with Gasteiger partial charge in [-0.05, 0) is 44.0 Å². The number of carbonyl (C=O) groups excluding carboxylic acids is 1. The molecule has 1 N–H and O–H groups in total. The third kappa shape index (κ3) is 3.54. The van der Waals surface area contributed by atoms with Gasteiger partial charge in [0.05, 0.1) is 12.2 Å². The molecule has 26 heavy (non-hydrogen) atoms. The molecule has 1 aliphatic rings. The van der Waals surface area contributed by atoms with Crippen LogP contribution >= 0.6 is 0 Å². The van der Waals surface area contributed by atoms with E-state index in [-0.39, 0.29) is 11.8 Å². The lowest BCUT2D eigenvalue weighted by atomic mass is 9.96. The first-order valence-electron chi connectivity index (χ1n) is 9.00. The van der Waals surface area contributed by atoms with Crippen LogP contribution in [0.4, 0.5) is 6.01 Å². The van der Waals surface area contributed by atoms with E-state index < -0.39 is 0 Å². The zero-order valence-electron chi connectivity index (χ0n) is 14.8. The van der Waals surface area contributed by atoms with Gasteiger partial charge in [-0.25, -0.2) is 0 Å². The number of carbonyl (C=O) groups is 1. The number of piperidine rings is 1. The first-order chi connectivity index (χ1) is 12.7. The second-order valence-electron chi connectivity index (χ2n) is 6.71. The van der Waals surface area contributed by atoms with Crippen molar-refractivity contribution in [1.29, 1.82) is 0 Å². The summed E-state index contributed by atoms with van der Waals surface area (Å²) >= 11 is 0. The van der Waals surface area contributed by atoms with Gasteiger partial charge in [-0.15, -0.1) is 0 Å². The summed E-state index contributed by atoms with van der Waals surface area (Å²) in [6.07, 6.45) is 1.59. The fraction of sp³-hybridized carbons (Fsp3) is 0.350. The molecule has 4 rings (SSSR count). The minimum atomic E-state index is 0.0282. The molecule has 0 spiro atoms. The number of aryl methyl sites for hydroxylation is 1. The first kappa shape index (κ1) is 16.6. The van der Waals surface area contributed by atoms with Crippen LogP contribution in [0.5, 0.6) is 0 Å². The van der Waals surface area contributed by atoms with Crippen molar-refractivity contribution in [2.24, 2.45) is 5.92 Å². The molecule has 1 saturated heterocycles. The highest BCUT2D eigenvalue weighted by atomic mass is 16.4. The molecule has 134 valence electrons. The summed E-state index contributed by atoms with van der Waals surface area (Å²) < 4.78 is 5.83. The van der Waals surface area contributed by atoms with Gasteiger partial charge in [-0.1, -0.05) is 18.2 Å². The van der Waals surface area contributed by atoms with Gasteiger partial charge in [0.15, 0.2) is 5.58 Å². The Morgan fingerprint density at radius 3 is 2.73 bits per heavy atom. The number of nitrogens with one attached hydrogen (secondary N) is 1. The Morgan fingerprint density at radius 1 is 1.15 bits per heavy atom. The van der Waals surface area contributed by atoms with E-state index >= 15 is 0 Å². The van der Waals surface area contributed by atoms with Crippen molar-refractivity contribution in [3.8, 4) is 0 Å². The van der Waals surface area contributed by atoms with Gasteiger partial charge < -0.3 is 14.6 Å². The van der Waals surface area contributed by atoms with Crippen molar-refractivity contribution < 1.29 is 9.21 Å². The molecule has 3 heterocycles. The van der Waals surface area contributed by atoms with Gasteiger partial charge in [0.1, 0.15) is 5.52 Å². The van der Waals surface area contributed by atoms with Crippen LogP contribution < -0.4 is 10.2 Å². The number of oxazole rings is 1. The van der Waals surface area contributed by atoms with Crippen molar-refractivity contribution in [2.45, 2.75) is 26.3 Å². The number of nitrogens with zero attached hydrogens (tertiary/aromatic N) is 3. The number of fused-ring (bicyclic) bond motifs is 1. The number of benzene rings is 1. The molecule has 6 nitrogen and oxygen atoms in total. The Kier molecular flexibility index (Phi) is 4.56. The molecule has 1 amide bonds. The lowest BCUT2D eigenvalue weighted by Crippen LogP contribution is -2.40. The van der Waals surface area contributed by atoms with Gasteiger partial charge in [0, 0.05) is 24.7 Å². The predicted octanol–water partition coefficient (Wildman–Crippen LogP) is 3.06. The molecular weight excluding hydrogens is 328 g/mol. The highest BCUT2D eigenvalue weighted by molar-refractivity contribution is 5.79. The number of hydrogen-bond donors (Lipinski definition) is 1. The summed E-state index contributed by atoms with van der Waals surface area (Å²) in [5.41, 5.74) is 3.52. The summed E-state index contributed by atoms with van der Waals surface area (Å²) in [4.78, 5) is 23.5. The Bertz CT molecular complexity index is 880. The summed E-state index contributed by atoms with van der Waals surface area (Å²) in [5.74, 6) is 0.131. The van der Waals surface area contributed by atoms with Crippen LogP contribution in [0.1, 0.15) is 24.2 Å². The number of para-hydroxylation sites is 2. The molecule has 1 fully saturated rings. The van der Waals surface area contributed by atoms with E-state index in [4.69, 9.17) is 4.42 Å². The van der Waals surface area contributed by atoms with E-state index in [2.05, 4.69) is 20.2 Å². The van der Waals surface area contributed by atoms with E-state index in [1.165, 1.54) is 0 Å². The molecule has 0 radical (unpaired) electrons. The summed E-state index contributed by atoms with van der Waals surface area (Å²) in [5, 5.41) is 3.01. The second kappa shape index (κ2) is 7.15. The van der Waals surface area contributed by atoms with Crippen LogP contribution in [0.3, 0.4) is 0 Å². The summed E-state index contributed by atoms with van der Waals surface area (Å²) in [7, 11) is 0. The van der Waals surface area contributed by atoms with Crippen molar-refractivity contribution in [2.75, 3.05) is 18.0 Å². The topological polar surface area (TPSA) is 71.3 Å². The van der Waals surface area contributed by atoms with Crippen LogP contribution in [0.25, 0.3) is 11.1 Å². The van der Waals surface area contributed by atoms with Gasteiger partial charge in [-0.2, -0.15) is 4.98 Å². The molecular formula is C20H22N4O2. The van der Waals surface area contributed by atoms with Crippen molar-refractivity contribution in [3.05, 3.63) is 53.9 Å². The smallest absolute Gasteiger partial charge is 0.298 e. The fourth-order valence-electron chi connectivity index (χ4n) is 3.35. The van der Waals surface area contributed by atoms with Crippen molar-refractivity contribution in [3.63, 3.8) is 0 Å². The average molecular weight is 350 g/mol. The Morgan fingerprint density at radius 2 is 1.96 bits per heavy atom. The monoisotopic (exact) mass is 350 g/mol. The number of hydrogen-bond acceptors (Lipinski definition) is 5. The molecule has 1 aliphatic heterocycles. The molecule has 6 heteroatoms. The lowest BCUT2D eigenvalue weighted by molar-refractivity contribution is -0.125. The fourth-order valence-corrected chi connectivity index (χ4v) is 3.35. The normalized spacial score (nSPS) is 15.3. The Balaban J connectivity index is 1.32. The lowest BCUT2D eigenvalue weighted by Gasteiger charge is -2.30. The third-order valence-corrected chi connectivity index (χ3v) is 4.81. The number of pyridine rings is 1. The number of aromatic nitrogens is 2. The maximum Gasteiger partial charge on any atom is 0.298 e. The van der Waals surface area contributed by atoms with E-state index in [1.807, 2.05) is 49.4 Å². The average Bonchev–Trinajstić information content (AvgIpc) is 3.10. The molecule has 0 atom stereocenters. The molecule has 1 aromatic carbocycles. The molecule has 0 saturated carbocycles. The van der Waals surface area contributed by atoms with Crippen LogP contribution in [-0.2, 0) is 11.3 Å². The largest absolute Gasteiger partial charge is 0.423 e. The molecule has 0 aliphatic carbocycles. The highest BCUT2D eigenvalue weighted by Gasteiger charge is 2.27. The van der Waals surface area contributed by atoms with Crippen LogP contribution in [0.2, 0.25) is 0 Å². The van der Waals surface area contributed by atoms with E-state index in [0.717, 1.165) is 48.4 Å². The summed E-state index contributed by atoms with van der Waals surface area (Å²) in [6, 6.07) is 14.3. The molecule has 2 aromatic heterocycles. The summed E-state index contributed by atoms with van der Waals surface area (Å²) in [6.45, 7) is 3.97. The zero-order chi connectivity index (χ0) is 17.9. The number of anilines is 1. The maximum absolute atomic E-state index is 12.4. The van der Waals surface area contributed by atoms with Crippen LogP contribution in [-0.4, -0.2) is 29.0 Å². The highest BCUT2D eigenvalue weighted by Crippen LogP contribution is 2.26. The van der Waals surface area contributed by atoms with Crippen molar-refractivity contribution in [1.82, 2.24) is 15.3 Å². The minimum absolute atomic E-state index is 0.0282. The second-order valence-corrected chi connectivity index (χ2v) is 6.71. The quantitative estimate of drug-likeness (QED) is 0.783. The standard InChI is InChI=1S/C20H22N4O2/c1-14-5-4-6-16(22-14)13-21-19(25)15-9-11-24(12-10-15)20-23-17-7-2-3-8-18(17)26-20/h2-8,15H,9-13H2,1H3,(H,21,25). The SMILES string of the molecule is Cc1cccc(CNC(=O)C2CCN(c3nc4ccccc4o3)CC2)n1. The number of amides is 1. The van der Waals surface area contributed by atoms with E-state index in [1.54, 1.807) is 0 Å². The Hall–Kier alpha value is -2.89. The molecule has 3 aromatic rings. The van der Waals surface area contributed by atoms with Crippen LogP contribution in [0, 0.1) is 12.8 Å². The van der Waals surface area contributed by atoms with E-state index in [0.29, 0.717) is 12.6 Å². The zero-order valence-corrected chi connectivity index (χ0v) is 14.8. The van der Waals surface area contributed by atoms with E-state index in [9.17, 15) is 4.79 Å². The first-order valence-corrected chi connectivity index (χ1v) is 9.00. The van der Waals surface area contributed by atoms with Gasteiger partial charge in [-0.3, -0.25) is 9.78 Å². The third-order valence-electron chi connectivity index (χ3n) is 4.81. The predicted molar refractivity (Wildman–Crippen MR) is 99.8 cm³/mol. The van der Waals surface area contributed by atoms with Gasteiger partial charge in [0.2, 0.25) is 5.91 Å². The molecule has 0 bridgehead atoms. The van der Waals surface area contributed by atoms with Crippen LogP contribution in [0.15, 0.2) is 46.9 Å². The number of rotatable bonds is 4. The van der Waals surface area contributed by atoms with Gasteiger partial charge >= 0.3 is 0 Å². The molecule has 0 unspecified atom stereocenters. The maximum atomic E-state index is 12.4. The van der Waals surface area contributed by atoms with Gasteiger partial charge in [0.25, 0.3) is 6.01 Å².